The van der Waals surface area contributed by atoms with E-state index >= 15 is 0 Å². The maximum atomic E-state index is 11.7. The summed E-state index contributed by atoms with van der Waals surface area (Å²) in [6.45, 7) is 5.67. The molecule has 0 bridgehead atoms. The third-order valence-corrected chi connectivity index (χ3v) is 3.96. The molecule has 1 aliphatic carbocycles. The summed E-state index contributed by atoms with van der Waals surface area (Å²) < 4.78 is 0. The minimum absolute atomic E-state index is 0.0544. The molecule has 1 saturated carbocycles. The molecule has 1 aromatic heterocycles. The van der Waals surface area contributed by atoms with Crippen molar-refractivity contribution in [1.29, 1.82) is 0 Å². The van der Waals surface area contributed by atoms with Gasteiger partial charge in [-0.3, -0.25) is 4.79 Å². The third-order valence-electron chi connectivity index (χ3n) is 2.81. The molecule has 1 aliphatic rings. The summed E-state index contributed by atoms with van der Waals surface area (Å²) in [4.78, 5) is 13.8. The zero-order chi connectivity index (χ0) is 11.5. The number of thiophene rings is 1. The zero-order valence-corrected chi connectivity index (χ0v) is 10.6. The Bertz CT molecular complexity index is 363. The summed E-state index contributed by atoms with van der Waals surface area (Å²) in [5.41, 5.74) is 1.20. The average Bonchev–Trinajstić information content (AvgIpc) is 3.01. The van der Waals surface area contributed by atoms with Crippen molar-refractivity contribution in [1.82, 2.24) is 10.6 Å². The van der Waals surface area contributed by atoms with Crippen LogP contribution >= 0.6 is 11.3 Å². The largest absolute Gasteiger partial charge is 0.350 e. The summed E-state index contributed by atoms with van der Waals surface area (Å²) in [6, 6.07) is 2.67. The first-order valence-corrected chi connectivity index (χ1v) is 6.57. The van der Waals surface area contributed by atoms with Crippen LogP contribution in [0.1, 0.15) is 33.0 Å². The molecule has 3 nitrogen and oxygen atoms in total. The van der Waals surface area contributed by atoms with E-state index in [1.54, 1.807) is 11.3 Å². The van der Waals surface area contributed by atoms with E-state index in [2.05, 4.69) is 10.6 Å². The standard InChI is InChI=1S/C12H18N2OS/c1-8-7-11(16-9(8)2)12(15)14-6-5-13-10-3-4-10/h7,10,13H,3-6H2,1-2H3,(H,14,15). The molecular weight excluding hydrogens is 220 g/mol. The van der Waals surface area contributed by atoms with E-state index < -0.39 is 0 Å². The topological polar surface area (TPSA) is 41.1 Å². The highest BCUT2D eigenvalue weighted by molar-refractivity contribution is 7.14. The number of carbonyl (C=O) groups is 1. The van der Waals surface area contributed by atoms with Crippen molar-refractivity contribution in [2.75, 3.05) is 13.1 Å². The maximum absolute atomic E-state index is 11.7. The molecule has 2 rings (SSSR count). The molecule has 0 aliphatic heterocycles. The molecule has 1 aromatic rings. The van der Waals surface area contributed by atoms with E-state index in [1.165, 1.54) is 23.3 Å². The van der Waals surface area contributed by atoms with E-state index in [0.29, 0.717) is 12.6 Å². The molecule has 0 radical (unpaired) electrons. The van der Waals surface area contributed by atoms with Crippen LogP contribution < -0.4 is 10.6 Å². The highest BCUT2D eigenvalue weighted by Crippen LogP contribution is 2.20. The summed E-state index contributed by atoms with van der Waals surface area (Å²) >= 11 is 1.57. The lowest BCUT2D eigenvalue weighted by molar-refractivity contribution is 0.0958. The first-order valence-electron chi connectivity index (χ1n) is 5.75. The van der Waals surface area contributed by atoms with Gasteiger partial charge in [0, 0.05) is 24.0 Å². The van der Waals surface area contributed by atoms with Crippen molar-refractivity contribution >= 4 is 17.2 Å². The van der Waals surface area contributed by atoms with Crippen LogP contribution in [0.25, 0.3) is 0 Å². The summed E-state index contributed by atoms with van der Waals surface area (Å²) in [5, 5.41) is 6.30. The fourth-order valence-electron chi connectivity index (χ4n) is 1.51. The van der Waals surface area contributed by atoms with Crippen LogP contribution in [0, 0.1) is 13.8 Å². The zero-order valence-electron chi connectivity index (χ0n) is 9.80. The highest BCUT2D eigenvalue weighted by atomic mass is 32.1. The summed E-state index contributed by atoms with van der Waals surface area (Å²) in [6.07, 6.45) is 2.58. The van der Waals surface area contributed by atoms with Crippen LogP contribution in [0.5, 0.6) is 0 Å². The van der Waals surface area contributed by atoms with Gasteiger partial charge in [-0.25, -0.2) is 0 Å². The molecular formula is C12H18N2OS. The Labute approximate surface area is 100 Å². The van der Waals surface area contributed by atoms with Crippen molar-refractivity contribution in [3.63, 3.8) is 0 Å². The molecule has 1 heterocycles. The Morgan fingerprint density at radius 2 is 2.19 bits per heavy atom. The van der Waals surface area contributed by atoms with Crippen LogP contribution in [0.4, 0.5) is 0 Å². The van der Waals surface area contributed by atoms with Crippen molar-refractivity contribution in [3.05, 3.63) is 21.4 Å². The van der Waals surface area contributed by atoms with Gasteiger partial charge in [0.1, 0.15) is 0 Å². The smallest absolute Gasteiger partial charge is 0.261 e. The van der Waals surface area contributed by atoms with E-state index in [9.17, 15) is 4.79 Å². The number of rotatable bonds is 5. The van der Waals surface area contributed by atoms with Crippen LogP contribution in [0.3, 0.4) is 0 Å². The minimum atomic E-state index is 0.0544. The molecule has 16 heavy (non-hydrogen) atoms. The number of nitrogens with one attached hydrogen (secondary N) is 2. The molecule has 1 amide bonds. The SMILES string of the molecule is Cc1cc(C(=O)NCCNC2CC2)sc1C. The monoisotopic (exact) mass is 238 g/mol. The van der Waals surface area contributed by atoms with E-state index in [0.717, 1.165) is 11.4 Å². The lowest BCUT2D eigenvalue weighted by atomic mass is 10.3. The Hall–Kier alpha value is -0.870. The fraction of sp³-hybridized carbons (Fsp3) is 0.583. The van der Waals surface area contributed by atoms with Gasteiger partial charge < -0.3 is 10.6 Å². The van der Waals surface area contributed by atoms with Crippen molar-refractivity contribution < 1.29 is 4.79 Å². The van der Waals surface area contributed by atoms with Crippen molar-refractivity contribution in [3.8, 4) is 0 Å². The molecule has 4 heteroatoms. The van der Waals surface area contributed by atoms with Gasteiger partial charge in [-0.2, -0.15) is 0 Å². The first kappa shape index (κ1) is 11.6. The Balaban J connectivity index is 1.73. The highest BCUT2D eigenvalue weighted by Gasteiger charge is 2.19. The molecule has 88 valence electrons. The second kappa shape index (κ2) is 4.97. The predicted molar refractivity (Wildman–Crippen MR) is 67.2 cm³/mol. The molecule has 0 atom stereocenters. The van der Waals surface area contributed by atoms with Crippen LogP contribution in [0.15, 0.2) is 6.07 Å². The van der Waals surface area contributed by atoms with E-state index in [1.807, 2.05) is 19.9 Å². The van der Waals surface area contributed by atoms with Gasteiger partial charge in [0.05, 0.1) is 4.88 Å². The number of carbonyl (C=O) groups excluding carboxylic acids is 1. The third kappa shape index (κ3) is 3.06. The Morgan fingerprint density at radius 1 is 1.44 bits per heavy atom. The molecule has 0 spiro atoms. The van der Waals surface area contributed by atoms with Gasteiger partial charge in [0.2, 0.25) is 0 Å². The molecule has 1 fully saturated rings. The molecule has 0 aromatic carbocycles. The number of hydrogen-bond acceptors (Lipinski definition) is 3. The van der Waals surface area contributed by atoms with Crippen molar-refractivity contribution in [2.45, 2.75) is 32.7 Å². The number of amides is 1. The minimum Gasteiger partial charge on any atom is -0.350 e. The second-order valence-electron chi connectivity index (χ2n) is 4.33. The first-order chi connectivity index (χ1) is 7.66. The summed E-state index contributed by atoms with van der Waals surface area (Å²) in [7, 11) is 0. The molecule has 0 saturated heterocycles. The van der Waals surface area contributed by atoms with Gasteiger partial charge in [0.15, 0.2) is 0 Å². The maximum Gasteiger partial charge on any atom is 0.261 e. The van der Waals surface area contributed by atoms with Crippen molar-refractivity contribution in [2.24, 2.45) is 0 Å². The quantitative estimate of drug-likeness (QED) is 0.769. The van der Waals surface area contributed by atoms with Crippen LogP contribution in [-0.2, 0) is 0 Å². The van der Waals surface area contributed by atoms with Crippen LogP contribution in [0.2, 0.25) is 0 Å². The van der Waals surface area contributed by atoms with E-state index in [-0.39, 0.29) is 5.91 Å². The van der Waals surface area contributed by atoms with Gasteiger partial charge in [-0.1, -0.05) is 0 Å². The van der Waals surface area contributed by atoms with Gasteiger partial charge >= 0.3 is 0 Å². The van der Waals surface area contributed by atoms with Gasteiger partial charge in [-0.15, -0.1) is 11.3 Å². The molecule has 2 N–H and O–H groups in total. The average molecular weight is 238 g/mol. The molecule has 0 unspecified atom stereocenters. The Kier molecular flexibility index (Phi) is 3.61. The Morgan fingerprint density at radius 3 is 2.75 bits per heavy atom. The van der Waals surface area contributed by atoms with E-state index in [4.69, 9.17) is 0 Å². The van der Waals surface area contributed by atoms with Gasteiger partial charge in [-0.05, 0) is 38.3 Å². The number of hydrogen-bond donors (Lipinski definition) is 2. The lowest BCUT2D eigenvalue weighted by Crippen LogP contribution is -2.32. The number of aryl methyl sites for hydroxylation is 2. The normalized spacial score (nSPS) is 15.1. The second-order valence-corrected chi connectivity index (χ2v) is 5.59. The predicted octanol–water partition coefficient (Wildman–Crippen LogP) is 1.85. The van der Waals surface area contributed by atoms with Gasteiger partial charge in [0.25, 0.3) is 5.91 Å². The lowest BCUT2D eigenvalue weighted by Gasteiger charge is -2.04. The van der Waals surface area contributed by atoms with Crippen LogP contribution in [-0.4, -0.2) is 25.0 Å². The fourth-order valence-corrected chi connectivity index (χ4v) is 2.46. The summed E-state index contributed by atoms with van der Waals surface area (Å²) in [5.74, 6) is 0.0544.